The summed E-state index contributed by atoms with van der Waals surface area (Å²) >= 11 is 0. The fraction of sp³-hybridized carbons (Fsp3) is 0.308. The lowest BCUT2D eigenvalue weighted by Crippen LogP contribution is -2.51. The second kappa shape index (κ2) is 12.3. The third-order valence-electron chi connectivity index (χ3n) is 5.57. The Bertz CT molecular complexity index is 976. The van der Waals surface area contributed by atoms with Gasteiger partial charge in [-0.3, -0.25) is 14.4 Å². The van der Waals surface area contributed by atoms with Crippen LogP contribution in [0.25, 0.3) is 6.08 Å². The first-order valence-corrected chi connectivity index (χ1v) is 11.2. The fourth-order valence-electron chi connectivity index (χ4n) is 3.81. The van der Waals surface area contributed by atoms with Crippen LogP contribution in [-0.2, 0) is 25.6 Å². The van der Waals surface area contributed by atoms with Crippen LogP contribution < -0.4 is 16.0 Å². The van der Waals surface area contributed by atoms with Gasteiger partial charge in [-0.25, -0.2) is 0 Å². The van der Waals surface area contributed by atoms with E-state index in [2.05, 4.69) is 16.0 Å². The molecule has 1 saturated heterocycles. The smallest absolute Gasteiger partial charge is 0.244 e. The molecule has 3 amide bonds. The molecule has 1 unspecified atom stereocenters. The maximum Gasteiger partial charge on any atom is 0.244 e. The Hall–Kier alpha value is -3.74. The number of amides is 3. The lowest BCUT2D eigenvalue weighted by atomic mass is 9.92. The van der Waals surface area contributed by atoms with E-state index in [1.165, 1.54) is 6.08 Å². The fourth-order valence-corrected chi connectivity index (χ4v) is 3.81. The van der Waals surface area contributed by atoms with E-state index in [0.717, 1.165) is 17.5 Å². The summed E-state index contributed by atoms with van der Waals surface area (Å²) in [7, 11) is 0. The average Bonchev–Trinajstić information content (AvgIpc) is 2.84. The molecule has 3 rings (SSSR count). The molecule has 1 fully saturated rings. The molecule has 1 heterocycles. The average molecular weight is 448 g/mol. The van der Waals surface area contributed by atoms with Crippen molar-refractivity contribution in [3.63, 3.8) is 0 Å². The largest absolute Gasteiger partial charge is 0.356 e. The molecule has 7 heteroatoms. The number of rotatable bonds is 10. The quantitative estimate of drug-likeness (QED) is 0.383. The van der Waals surface area contributed by atoms with E-state index >= 15 is 0 Å². The molecule has 33 heavy (non-hydrogen) atoms. The Kier molecular flexibility index (Phi) is 8.94. The Labute approximate surface area is 193 Å². The number of benzene rings is 2. The van der Waals surface area contributed by atoms with Gasteiger partial charge >= 0.3 is 0 Å². The minimum absolute atomic E-state index is 0.0949. The van der Waals surface area contributed by atoms with Gasteiger partial charge < -0.3 is 20.7 Å². The second-order valence-corrected chi connectivity index (χ2v) is 8.11. The summed E-state index contributed by atoms with van der Waals surface area (Å²) in [6.07, 6.45) is 5.73. The summed E-state index contributed by atoms with van der Waals surface area (Å²) in [6, 6.07) is 17.0. The van der Waals surface area contributed by atoms with Gasteiger partial charge in [-0.2, -0.15) is 0 Å². The van der Waals surface area contributed by atoms with Crippen molar-refractivity contribution >= 4 is 30.1 Å². The van der Waals surface area contributed by atoms with Gasteiger partial charge in [-0.15, -0.1) is 0 Å². The number of carbonyl (C=O) groups excluding carboxylic acids is 4. The van der Waals surface area contributed by atoms with Crippen molar-refractivity contribution in [2.45, 2.75) is 37.8 Å². The third-order valence-corrected chi connectivity index (χ3v) is 5.57. The standard InChI is InChI=1S/C26H29N3O4/c30-18-22(17-21-12-7-15-27-25(21)32)28-26(33)23(16-20-10-5-2-6-11-20)29-24(31)14-13-19-8-3-1-4-9-19/h1-6,8-11,13-14,18,21-23H,7,12,15-17H2,(H,27,32)(H,28,33)(H,29,31)/b14-13+/t21-,22?,23-/m0/s1. The number of aldehydes is 1. The lowest BCUT2D eigenvalue weighted by molar-refractivity contribution is -0.130. The summed E-state index contributed by atoms with van der Waals surface area (Å²) in [5.41, 5.74) is 1.74. The first-order chi connectivity index (χ1) is 16.0. The van der Waals surface area contributed by atoms with Gasteiger partial charge in [0.2, 0.25) is 17.7 Å². The molecule has 1 aliphatic rings. The SMILES string of the molecule is O=CC(C[C@@H]1CCCNC1=O)NC(=O)[C@H](Cc1ccccc1)NC(=O)/C=C/c1ccccc1. The normalized spacial score (nSPS) is 17.6. The van der Waals surface area contributed by atoms with Crippen LogP contribution in [-0.4, -0.2) is 42.6 Å². The van der Waals surface area contributed by atoms with Crippen molar-refractivity contribution in [1.29, 1.82) is 0 Å². The molecular formula is C26H29N3O4. The van der Waals surface area contributed by atoms with Crippen molar-refractivity contribution in [2.24, 2.45) is 5.92 Å². The number of hydrogen-bond acceptors (Lipinski definition) is 4. The first-order valence-electron chi connectivity index (χ1n) is 11.2. The van der Waals surface area contributed by atoms with Crippen molar-refractivity contribution < 1.29 is 19.2 Å². The van der Waals surface area contributed by atoms with Crippen LogP contribution in [0.5, 0.6) is 0 Å². The van der Waals surface area contributed by atoms with E-state index in [4.69, 9.17) is 0 Å². The summed E-state index contributed by atoms with van der Waals surface area (Å²) in [4.78, 5) is 49.3. The van der Waals surface area contributed by atoms with E-state index in [1.54, 1.807) is 6.08 Å². The Morgan fingerprint density at radius 1 is 1.03 bits per heavy atom. The van der Waals surface area contributed by atoms with Crippen LogP contribution in [0.1, 0.15) is 30.4 Å². The zero-order chi connectivity index (χ0) is 23.5. The Balaban J connectivity index is 1.67. The van der Waals surface area contributed by atoms with Gasteiger partial charge in [0.25, 0.3) is 0 Å². The molecule has 2 aromatic rings. The van der Waals surface area contributed by atoms with Crippen molar-refractivity contribution in [3.8, 4) is 0 Å². The molecule has 3 N–H and O–H groups in total. The highest BCUT2D eigenvalue weighted by molar-refractivity contribution is 5.96. The van der Waals surface area contributed by atoms with Crippen molar-refractivity contribution in [2.75, 3.05) is 6.54 Å². The molecule has 0 spiro atoms. The minimum Gasteiger partial charge on any atom is -0.356 e. The van der Waals surface area contributed by atoms with Crippen molar-refractivity contribution in [1.82, 2.24) is 16.0 Å². The van der Waals surface area contributed by atoms with Gasteiger partial charge in [0, 0.05) is 25.0 Å². The molecular weight excluding hydrogens is 418 g/mol. The predicted octanol–water partition coefficient (Wildman–Crippen LogP) is 2.03. The maximum absolute atomic E-state index is 13.0. The third kappa shape index (κ3) is 7.71. The van der Waals surface area contributed by atoms with Gasteiger partial charge in [-0.05, 0) is 36.5 Å². The molecule has 1 aliphatic heterocycles. The van der Waals surface area contributed by atoms with E-state index in [1.807, 2.05) is 60.7 Å². The molecule has 0 aromatic heterocycles. The number of carbonyl (C=O) groups is 4. The lowest BCUT2D eigenvalue weighted by Gasteiger charge is -2.25. The van der Waals surface area contributed by atoms with Gasteiger partial charge in [0.15, 0.2) is 0 Å². The van der Waals surface area contributed by atoms with E-state index < -0.39 is 23.9 Å². The van der Waals surface area contributed by atoms with Crippen molar-refractivity contribution in [3.05, 3.63) is 77.9 Å². The van der Waals surface area contributed by atoms with Crippen LogP contribution in [0.15, 0.2) is 66.7 Å². The van der Waals surface area contributed by atoms with Crippen LogP contribution >= 0.6 is 0 Å². The predicted molar refractivity (Wildman–Crippen MR) is 126 cm³/mol. The number of piperidine rings is 1. The van der Waals surface area contributed by atoms with E-state index in [-0.39, 0.29) is 24.7 Å². The molecule has 2 aromatic carbocycles. The monoisotopic (exact) mass is 447 g/mol. The molecule has 0 saturated carbocycles. The number of hydrogen-bond donors (Lipinski definition) is 3. The summed E-state index contributed by atoms with van der Waals surface area (Å²) in [5, 5.41) is 8.24. The molecule has 0 bridgehead atoms. The van der Waals surface area contributed by atoms with Crippen LogP contribution in [0, 0.1) is 5.92 Å². The highest BCUT2D eigenvalue weighted by atomic mass is 16.2. The molecule has 3 atom stereocenters. The molecule has 0 radical (unpaired) electrons. The zero-order valence-electron chi connectivity index (χ0n) is 18.4. The van der Waals surface area contributed by atoms with Gasteiger partial charge in [0.1, 0.15) is 12.3 Å². The van der Waals surface area contributed by atoms with Crippen LogP contribution in [0.4, 0.5) is 0 Å². The summed E-state index contributed by atoms with van der Waals surface area (Å²) < 4.78 is 0. The van der Waals surface area contributed by atoms with Crippen LogP contribution in [0.2, 0.25) is 0 Å². The summed E-state index contributed by atoms with van der Waals surface area (Å²) in [5.74, 6) is -1.29. The van der Waals surface area contributed by atoms with Gasteiger partial charge in [-0.1, -0.05) is 60.7 Å². The van der Waals surface area contributed by atoms with E-state index in [0.29, 0.717) is 19.3 Å². The van der Waals surface area contributed by atoms with E-state index in [9.17, 15) is 19.2 Å². The Morgan fingerprint density at radius 3 is 2.39 bits per heavy atom. The number of nitrogens with one attached hydrogen (secondary N) is 3. The maximum atomic E-state index is 13.0. The van der Waals surface area contributed by atoms with Crippen LogP contribution in [0.3, 0.4) is 0 Å². The molecule has 172 valence electrons. The highest BCUT2D eigenvalue weighted by Crippen LogP contribution is 2.17. The Morgan fingerprint density at radius 2 is 1.73 bits per heavy atom. The zero-order valence-corrected chi connectivity index (χ0v) is 18.4. The second-order valence-electron chi connectivity index (χ2n) is 8.11. The topological polar surface area (TPSA) is 104 Å². The minimum atomic E-state index is -0.872. The molecule has 7 nitrogen and oxygen atoms in total. The highest BCUT2D eigenvalue weighted by Gasteiger charge is 2.28. The summed E-state index contributed by atoms with van der Waals surface area (Å²) in [6.45, 7) is 0.634. The molecule has 0 aliphatic carbocycles. The van der Waals surface area contributed by atoms with Gasteiger partial charge in [0.05, 0.1) is 6.04 Å². The first kappa shape index (κ1) is 23.9.